The molecular formula is C18H20N4O4. The van der Waals surface area contributed by atoms with Crippen molar-refractivity contribution in [2.24, 2.45) is 0 Å². The second kappa shape index (κ2) is 7.17. The number of carboxylic acids is 1. The number of benzene rings is 1. The highest BCUT2D eigenvalue weighted by Gasteiger charge is 2.31. The maximum atomic E-state index is 12.0. The smallest absolute Gasteiger partial charge is 0.325 e. The fourth-order valence-corrected chi connectivity index (χ4v) is 3.37. The van der Waals surface area contributed by atoms with Crippen molar-refractivity contribution in [2.75, 3.05) is 44.3 Å². The lowest BCUT2D eigenvalue weighted by Crippen LogP contribution is -2.49. The van der Waals surface area contributed by atoms with Crippen LogP contribution in [0.4, 0.5) is 5.95 Å². The molecule has 2 aromatic rings. The average molecular weight is 356 g/mol. The molecule has 0 radical (unpaired) electrons. The number of anilines is 1. The first-order valence-electron chi connectivity index (χ1n) is 8.61. The Morgan fingerprint density at radius 3 is 2.42 bits per heavy atom. The zero-order valence-electron chi connectivity index (χ0n) is 14.2. The Balaban J connectivity index is 1.50. The molecule has 1 aromatic heterocycles. The molecule has 0 saturated carbocycles. The van der Waals surface area contributed by atoms with Gasteiger partial charge < -0.3 is 19.5 Å². The molecule has 2 aliphatic heterocycles. The lowest BCUT2D eigenvalue weighted by Gasteiger charge is -2.37. The van der Waals surface area contributed by atoms with Gasteiger partial charge in [0.15, 0.2) is 11.5 Å². The summed E-state index contributed by atoms with van der Waals surface area (Å²) in [5.41, 5.74) is 0.700. The standard InChI is InChI=1S/C18H20N4O4/c23-17(24)16(13-2-3-14-15(12-13)26-11-10-25-14)21-6-8-22(9-7-21)18-19-4-1-5-20-18/h1-5,12,16H,6-11H2,(H,23,24)/t16-/m1/s1. The number of aromatic nitrogens is 2. The number of nitrogens with zero attached hydrogens (tertiary/aromatic N) is 4. The number of piperazine rings is 1. The Morgan fingerprint density at radius 1 is 1.04 bits per heavy atom. The molecule has 1 atom stereocenters. The SMILES string of the molecule is O=C(O)[C@@H](c1ccc2c(c1)OCCO2)N1CCN(c2ncccn2)CC1. The van der Waals surface area contributed by atoms with Gasteiger partial charge in [0.2, 0.25) is 5.95 Å². The molecule has 3 heterocycles. The molecule has 1 aromatic carbocycles. The van der Waals surface area contributed by atoms with Crippen LogP contribution in [0.2, 0.25) is 0 Å². The molecule has 2 aliphatic rings. The first kappa shape index (κ1) is 16.6. The van der Waals surface area contributed by atoms with E-state index in [-0.39, 0.29) is 0 Å². The van der Waals surface area contributed by atoms with Crippen LogP contribution >= 0.6 is 0 Å². The van der Waals surface area contributed by atoms with Crippen molar-refractivity contribution in [3.8, 4) is 11.5 Å². The third-order valence-corrected chi connectivity index (χ3v) is 4.63. The van der Waals surface area contributed by atoms with E-state index < -0.39 is 12.0 Å². The summed E-state index contributed by atoms with van der Waals surface area (Å²) in [5, 5.41) is 9.81. The number of rotatable bonds is 4. The first-order chi connectivity index (χ1) is 12.7. The first-order valence-corrected chi connectivity index (χ1v) is 8.61. The Morgan fingerprint density at radius 2 is 1.73 bits per heavy atom. The Kier molecular flexibility index (Phi) is 4.57. The van der Waals surface area contributed by atoms with Crippen LogP contribution < -0.4 is 14.4 Å². The average Bonchev–Trinajstić information content (AvgIpc) is 2.69. The van der Waals surface area contributed by atoms with Crippen LogP contribution in [0.5, 0.6) is 11.5 Å². The van der Waals surface area contributed by atoms with Gasteiger partial charge in [0.25, 0.3) is 0 Å². The van der Waals surface area contributed by atoms with E-state index in [2.05, 4.69) is 14.9 Å². The van der Waals surface area contributed by atoms with Crippen LogP contribution in [-0.2, 0) is 4.79 Å². The second-order valence-electron chi connectivity index (χ2n) is 6.22. The van der Waals surface area contributed by atoms with E-state index in [1.807, 2.05) is 4.90 Å². The number of hydrogen-bond acceptors (Lipinski definition) is 7. The third kappa shape index (κ3) is 3.28. The van der Waals surface area contributed by atoms with Gasteiger partial charge in [-0.25, -0.2) is 9.97 Å². The van der Waals surface area contributed by atoms with Gasteiger partial charge in [-0.1, -0.05) is 6.07 Å². The summed E-state index contributed by atoms with van der Waals surface area (Å²) < 4.78 is 11.1. The molecule has 0 bridgehead atoms. The Hall–Kier alpha value is -2.87. The molecule has 0 spiro atoms. The van der Waals surface area contributed by atoms with E-state index in [4.69, 9.17) is 9.47 Å². The molecule has 0 amide bonds. The largest absolute Gasteiger partial charge is 0.486 e. The van der Waals surface area contributed by atoms with E-state index in [0.29, 0.717) is 62.4 Å². The van der Waals surface area contributed by atoms with Crippen molar-refractivity contribution in [3.63, 3.8) is 0 Å². The topological polar surface area (TPSA) is 88.0 Å². The number of ether oxygens (including phenoxy) is 2. The van der Waals surface area contributed by atoms with Gasteiger partial charge >= 0.3 is 5.97 Å². The van der Waals surface area contributed by atoms with Crippen molar-refractivity contribution >= 4 is 11.9 Å². The molecular weight excluding hydrogens is 336 g/mol. The van der Waals surface area contributed by atoms with Gasteiger partial charge in [0.1, 0.15) is 19.3 Å². The third-order valence-electron chi connectivity index (χ3n) is 4.63. The maximum absolute atomic E-state index is 12.0. The second-order valence-corrected chi connectivity index (χ2v) is 6.22. The predicted molar refractivity (Wildman–Crippen MR) is 93.6 cm³/mol. The van der Waals surface area contributed by atoms with E-state index in [1.54, 1.807) is 36.7 Å². The van der Waals surface area contributed by atoms with Crippen molar-refractivity contribution in [1.82, 2.24) is 14.9 Å². The van der Waals surface area contributed by atoms with E-state index in [1.165, 1.54) is 0 Å². The molecule has 136 valence electrons. The number of aliphatic carboxylic acids is 1. The van der Waals surface area contributed by atoms with E-state index >= 15 is 0 Å². The summed E-state index contributed by atoms with van der Waals surface area (Å²) >= 11 is 0. The van der Waals surface area contributed by atoms with Gasteiger partial charge in [-0.15, -0.1) is 0 Å². The summed E-state index contributed by atoms with van der Waals surface area (Å²) in [6.45, 7) is 3.58. The molecule has 8 nitrogen and oxygen atoms in total. The molecule has 1 saturated heterocycles. The normalized spacial score (nSPS) is 18.4. The van der Waals surface area contributed by atoms with Crippen LogP contribution in [0.3, 0.4) is 0 Å². The van der Waals surface area contributed by atoms with Gasteiger partial charge in [0.05, 0.1) is 0 Å². The molecule has 0 unspecified atom stereocenters. The van der Waals surface area contributed by atoms with Gasteiger partial charge in [-0.3, -0.25) is 9.69 Å². The quantitative estimate of drug-likeness (QED) is 0.874. The van der Waals surface area contributed by atoms with Crippen LogP contribution in [0.1, 0.15) is 11.6 Å². The van der Waals surface area contributed by atoms with Crippen molar-refractivity contribution in [3.05, 3.63) is 42.2 Å². The summed E-state index contributed by atoms with van der Waals surface area (Å²) in [7, 11) is 0. The zero-order valence-corrected chi connectivity index (χ0v) is 14.2. The molecule has 1 N–H and O–H groups in total. The Bertz CT molecular complexity index is 778. The van der Waals surface area contributed by atoms with E-state index in [9.17, 15) is 9.90 Å². The van der Waals surface area contributed by atoms with Gasteiger partial charge in [-0.2, -0.15) is 0 Å². The minimum absolute atomic E-state index is 0.476. The number of hydrogen-bond donors (Lipinski definition) is 1. The van der Waals surface area contributed by atoms with Gasteiger partial charge in [0, 0.05) is 38.6 Å². The number of carboxylic acid groups (broad SMARTS) is 1. The Labute approximate surface area is 151 Å². The minimum atomic E-state index is -0.869. The molecule has 8 heteroatoms. The van der Waals surface area contributed by atoms with Crippen LogP contribution in [0.25, 0.3) is 0 Å². The number of fused-ring (bicyclic) bond motifs is 1. The fraction of sp³-hybridized carbons (Fsp3) is 0.389. The zero-order chi connectivity index (χ0) is 17.9. The molecule has 0 aliphatic carbocycles. The summed E-state index contributed by atoms with van der Waals surface area (Å²) in [6, 6.07) is 6.43. The summed E-state index contributed by atoms with van der Waals surface area (Å²) in [6.07, 6.45) is 3.42. The van der Waals surface area contributed by atoms with Crippen LogP contribution in [-0.4, -0.2) is 65.3 Å². The highest BCUT2D eigenvalue weighted by molar-refractivity contribution is 5.76. The lowest BCUT2D eigenvalue weighted by molar-refractivity contribution is -0.143. The van der Waals surface area contributed by atoms with Gasteiger partial charge in [-0.05, 0) is 23.8 Å². The molecule has 26 heavy (non-hydrogen) atoms. The van der Waals surface area contributed by atoms with E-state index in [0.717, 1.165) is 0 Å². The highest BCUT2D eigenvalue weighted by Crippen LogP contribution is 2.34. The highest BCUT2D eigenvalue weighted by atomic mass is 16.6. The lowest BCUT2D eigenvalue weighted by atomic mass is 10.0. The van der Waals surface area contributed by atoms with Crippen molar-refractivity contribution in [1.29, 1.82) is 0 Å². The van der Waals surface area contributed by atoms with Crippen LogP contribution in [0.15, 0.2) is 36.7 Å². The number of carbonyl (C=O) groups is 1. The molecule has 1 fully saturated rings. The van der Waals surface area contributed by atoms with Crippen molar-refractivity contribution < 1.29 is 19.4 Å². The fourth-order valence-electron chi connectivity index (χ4n) is 3.37. The minimum Gasteiger partial charge on any atom is -0.486 e. The monoisotopic (exact) mass is 356 g/mol. The van der Waals surface area contributed by atoms with Crippen LogP contribution in [0, 0.1) is 0 Å². The molecule has 4 rings (SSSR count). The van der Waals surface area contributed by atoms with Crippen molar-refractivity contribution in [2.45, 2.75) is 6.04 Å². The predicted octanol–water partition coefficient (Wildman–Crippen LogP) is 1.20. The summed E-state index contributed by atoms with van der Waals surface area (Å²) in [4.78, 5) is 24.5. The maximum Gasteiger partial charge on any atom is 0.325 e. The summed E-state index contributed by atoms with van der Waals surface area (Å²) in [5.74, 6) is 1.08.